The van der Waals surface area contributed by atoms with Gasteiger partial charge in [-0.3, -0.25) is 0 Å². The summed E-state index contributed by atoms with van der Waals surface area (Å²) in [6, 6.07) is 0. The van der Waals surface area contributed by atoms with Crippen LogP contribution in [-0.2, 0) is 4.74 Å². The van der Waals surface area contributed by atoms with E-state index < -0.39 is 5.97 Å². The van der Waals surface area contributed by atoms with Gasteiger partial charge >= 0.3 is 0 Å². The maximum Gasteiger partial charge on any atom is 0.275 e. The van der Waals surface area contributed by atoms with Crippen LogP contribution in [-0.4, -0.2) is 34.5 Å². The first kappa shape index (κ1) is 15.8. The van der Waals surface area contributed by atoms with Gasteiger partial charge in [0.15, 0.2) is 0 Å². The van der Waals surface area contributed by atoms with E-state index in [4.69, 9.17) is 20.1 Å². The molecule has 3 N–H and O–H groups in total. The maximum atomic E-state index is 8.13. The molecule has 0 aliphatic carbocycles. The van der Waals surface area contributed by atoms with Crippen LogP contribution in [0.25, 0.3) is 0 Å². The van der Waals surface area contributed by atoms with Crippen LogP contribution >= 0.6 is 0 Å². The Morgan fingerprint density at radius 3 is 1.71 bits per heavy atom. The highest BCUT2D eigenvalue weighted by Crippen LogP contribution is 2.01. The molecule has 0 aromatic heterocycles. The number of rotatable bonds is 6. The number of hydrogen-bond acceptors (Lipinski definition) is 4. The number of ether oxygens (including phenoxy) is 1. The van der Waals surface area contributed by atoms with Crippen LogP contribution in [0.1, 0.15) is 19.8 Å². The molecule has 0 amide bonds. The van der Waals surface area contributed by atoms with Gasteiger partial charge in [0.25, 0.3) is 5.97 Å². The Bertz CT molecular complexity index is 130. The Kier molecular flexibility index (Phi) is 11.7. The molecule has 0 spiro atoms. The largest absolute Gasteiger partial charge is 0.373 e. The number of aliphatic hydroxyl groups is 3. The standard InChI is InChI=1S/C6H10O.C4H10O3/c1-3-5-7-6-4-2;1-2-3-4(5,6)7/h3-4H,1-2,5-6H2;5-7H,2-3H2,1H3. The number of hydrogen-bond donors (Lipinski definition) is 3. The van der Waals surface area contributed by atoms with Crippen LogP contribution in [0, 0.1) is 0 Å². The van der Waals surface area contributed by atoms with Gasteiger partial charge in [0.1, 0.15) is 0 Å². The molecule has 0 aromatic carbocycles. The first-order valence-corrected chi connectivity index (χ1v) is 4.44. The zero-order valence-corrected chi connectivity index (χ0v) is 8.65. The van der Waals surface area contributed by atoms with Crippen molar-refractivity contribution >= 4 is 0 Å². The smallest absolute Gasteiger partial charge is 0.275 e. The molecule has 14 heavy (non-hydrogen) atoms. The van der Waals surface area contributed by atoms with E-state index in [0.717, 1.165) is 0 Å². The minimum atomic E-state index is -2.45. The highest BCUT2D eigenvalue weighted by atomic mass is 16.7. The van der Waals surface area contributed by atoms with Crippen molar-refractivity contribution in [3.05, 3.63) is 25.3 Å². The van der Waals surface area contributed by atoms with E-state index in [2.05, 4.69) is 13.2 Å². The van der Waals surface area contributed by atoms with E-state index in [9.17, 15) is 0 Å². The molecule has 0 saturated heterocycles. The summed E-state index contributed by atoms with van der Waals surface area (Å²) in [6.45, 7) is 9.93. The highest BCUT2D eigenvalue weighted by Gasteiger charge is 2.14. The first-order valence-electron chi connectivity index (χ1n) is 4.44. The van der Waals surface area contributed by atoms with Crippen LogP contribution in [0.3, 0.4) is 0 Å². The molecule has 0 aliphatic rings. The van der Waals surface area contributed by atoms with Crippen LogP contribution < -0.4 is 0 Å². The summed E-state index contributed by atoms with van der Waals surface area (Å²) in [4.78, 5) is 0. The molecule has 0 heterocycles. The lowest BCUT2D eigenvalue weighted by Gasteiger charge is -2.10. The fourth-order valence-corrected chi connectivity index (χ4v) is 0.570. The SMILES string of the molecule is C=CCOCC=C.CCCC(O)(O)O. The van der Waals surface area contributed by atoms with E-state index in [0.29, 0.717) is 19.6 Å². The van der Waals surface area contributed by atoms with Crippen LogP contribution in [0.15, 0.2) is 25.3 Å². The minimum absolute atomic E-state index is 0.00694. The van der Waals surface area contributed by atoms with Gasteiger partial charge in [0, 0.05) is 6.42 Å². The second kappa shape index (κ2) is 10.4. The first-order chi connectivity index (χ1) is 6.47. The van der Waals surface area contributed by atoms with Gasteiger partial charge in [-0.15, -0.1) is 13.2 Å². The van der Waals surface area contributed by atoms with Gasteiger partial charge in [-0.25, -0.2) is 0 Å². The van der Waals surface area contributed by atoms with Crippen molar-refractivity contribution in [1.82, 2.24) is 0 Å². The van der Waals surface area contributed by atoms with Gasteiger partial charge < -0.3 is 20.1 Å². The fraction of sp³-hybridized carbons (Fsp3) is 0.600. The molecule has 0 saturated carbocycles. The summed E-state index contributed by atoms with van der Waals surface area (Å²) in [5, 5.41) is 24.4. The zero-order valence-electron chi connectivity index (χ0n) is 8.65. The monoisotopic (exact) mass is 204 g/mol. The van der Waals surface area contributed by atoms with Crippen LogP contribution in [0.4, 0.5) is 0 Å². The Balaban J connectivity index is 0. The Morgan fingerprint density at radius 2 is 1.57 bits per heavy atom. The van der Waals surface area contributed by atoms with Crippen molar-refractivity contribution in [2.24, 2.45) is 0 Å². The summed E-state index contributed by atoms with van der Waals surface area (Å²) in [6.07, 6.45) is 3.99. The van der Waals surface area contributed by atoms with E-state index >= 15 is 0 Å². The third-order valence-corrected chi connectivity index (χ3v) is 1.06. The molecule has 0 aliphatic heterocycles. The second-order valence-electron chi connectivity index (χ2n) is 2.64. The zero-order chi connectivity index (χ0) is 11.4. The lowest BCUT2D eigenvalue weighted by atomic mass is 10.3. The van der Waals surface area contributed by atoms with Crippen molar-refractivity contribution in [2.75, 3.05) is 13.2 Å². The lowest BCUT2D eigenvalue weighted by molar-refractivity contribution is -0.314. The third-order valence-electron chi connectivity index (χ3n) is 1.06. The lowest BCUT2D eigenvalue weighted by Crippen LogP contribution is -2.26. The fourth-order valence-electron chi connectivity index (χ4n) is 0.570. The summed E-state index contributed by atoms with van der Waals surface area (Å²) in [5.74, 6) is -2.45. The predicted octanol–water partition coefficient (Wildman–Crippen LogP) is 0.792. The quantitative estimate of drug-likeness (QED) is 0.340. The highest BCUT2D eigenvalue weighted by molar-refractivity contribution is 4.68. The van der Waals surface area contributed by atoms with Gasteiger partial charge in [-0.2, -0.15) is 0 Å². The van der Waals surface area contributed by atoms with E-state index in [1.165, 1.54) is 0 Å². The van der Waals surface area contributed by atoms with Crippen molar-refractivity contribution in [2.45, 2.75) is 25.7 Å². The van der Waals surface area contributed by atoms with E-state index in [1.54, 1.807) is 19.1 Å². The predicted molar refractivity (Wildman–Crippen MR) is 55.5 cm³/mol. The van der Waals surface area contributed by atoms with Crippen molar-refractivity contribution in [1.29, 1.82) is 0 Å². The molecule has 84 valence electrons. The molecular formula is C10H20O4. The average Bonchev–Trinajstić information content (AvgIpc) is 2.04. The van der Waals surface area contributed by atoms with Gasteiger partial charge in [-0.05, 0) is 6.42 Å². The normalized spacial score (nSPS) is 10.0. The van der Waals surface area contributed by atoms with E-state index in [-0.39, 0.29) is 6.42 Å². The van der Waals surface area contributed by atoms with E-state index in [1.807, 2.05) is 0 Å². The molecule has 0 unspecified atom stereocenters. The van der Waals surface area contributed by atoms with Crippen molar-refractivity contribution < 1.29 is 20.1 Å². The van der Waals surface area contributed by atoms with Gasteiger partial charge in [0.2, 0.25) is 0 Å². The summed E-state index contributed by atoms with van der Waals surface area (Å²) < 4.78 is 4.90. The van der Waals surface area contributed by atoms with Crippen molar-refractivity contribution in [3.63, 3.8) is 0 Å². The average molecular weight is 204 g/mol. The van der Waals surface area contributed by atoms with Crippen LogP contribution in [0.5, 0.6) is 0 Å². The minimum Gasteiger partial charge on any atom is -0.373 e. The molecule has 4 nitrogen and oxygen atoms in total. The van der Waals surface area contributed by atoms with Gasteiger partial charge in [0.05, 0.1) is 13.2 Å². The second-order valence-corrected chi connectivity index (χ2v) is 2.64. The topological polar surface area (TPSA) is 69.9 Å². The Labute approximate surface area is 85.1 Å². The molecular weight excluding hydrogens is 184 g/mol. The summed E-state index contributed by atoms with van der Waals surface area (Å²) in [5.41, 5.74) is 0. The molecule has 4 heteroatoms. The molecule has 0 bridgehead atoms. The maximum absolute atomic E-state index is 8.13. The Hall–Kier alpha value is -0.680. The summed E-state index contributed by atoms with van der Waals surface area (Å²) in [7, 11) is 0. The molecule has 0 aromatic rings. The molecule has 0 rings (SSSR count). The molecule has 0 radical (unpaired) electrons. The Morgan fingerprint density at radius 1 is 1.14 bits per heavy atom. The third kappa shape index (κ3) is 22.5. The van der Waals surface area contributed by atoms with Crippen molar-refractivity contribution in [3.8, 4) is 0 Å². The molecule has 0 fully saturated rings. The van der Waals surface area contributed by atoms with Gasteiger partial charge in [-0.1, -0.05) is 19.1 Å². The molecule has 0 atom stereocenters. The summed E-state index contributed by atoms with van der Waals surface area (Å²) >= 11 is 0. The van der Waals surface area contributed by atoms with Crippen LogP contribution in [0.2, 0.25) is 0 Å².